The van der Waals surface area contributed by atoms with Crippen molar-refractivity contribution in [2.45, 2.75) is 51.9 Å². The van der Waals surface area contributed by atoms with E-state index >= 15 is 0 Å². The van der Waals surface area contributed by atoms with Crippen molar-refractivity contribution in [3.05, 3.63) is 58.6 Å². The highest BCUT2D eigenvalue weighted by Crippen LogP contribution is 2.61. The lowest BCUT2D eigenvalue weighted by Gasteiger charge is -2.57. The minimum atomic E-state index is -0.981. The van der Waals surface area contributed by atoms with Crippen molar-refractivity contribution >= 4 is 34.9 Å². The molecule has 6 rings (SSSR count). The highest BCUT2D eigenvalue weighted by molar-refractivity contribution is 6.30. The molecule has 0 radical (unpaired) electrons. The third-order valence-electron chi connectivity index (χ3n) is 8.39. The third-order valence-corrected chi connectivity index (χ3v) is 8.64. The van der Waals surface area contributed by atoms with Gasteiger partial charge in [-0.25, -0.2) is 4.79 Å². The van der Waals surface area contributed by atoms with Gasteiger partial charge in [-0.05, 0) is 118 Å². The molecular weight excluding hydrogens is 448 g/mol. The maximum atomic E-state index is 12.6. The van der Waals surface area contributed by atoms with Crippen LogP contribution in [0.4, 0.5) is 11.4 Å². The van der Waals surface area contributed by atoms with E-state index in [1.54, 1.807) is 36.4 Å². The number of nitrogens with zero attached hydrogens (tertiary/aromatic N) is 1. The minimum Gasteiger partial charge on any atom is -0.478 e. The van der Waals surface area contributed by atoms with Gasteiger partial charge in [0.25, 0.3) is 5.91 Å². The molecule has 4 bridgehead atoms. The van der Waals surface area contributed by atoms with Crippen LogP contribution in [0.15, 0.2) is 42.5 Å². The van der Waals surface area contributed by atoms with Crippen LogP contribution in [0.5, 0.6) is 0 Å². The first-order chi connectivity index (χ1) is 16.3. The maximum absolute atomic E-state index is 12.6. The number of halogens is 1. The molecule has 0 spiro atoms. The molecular formula is C28H33ClN2O3. The number of rotatable bonds is 8. The van der Waals surface area contributed by atoms with Gasteiger partial charge in [-0.2, -0.15) is 0 Å². The van der Waals surface area contributed by atoms with Gasteiger partial charge in [0.2, 0.25) is 0 Å². The molecule has 1 amide bonds. The van der Waals surface area contributed by atoms with Crippen LogP contribution in [0.1, 0.15) is 72.6 Å². The molecule has 5 nitrogen and oxygen atoms in total. The van der Waals surface area contributed by atoms with Gasteiger partial charge < -0.3 is 15.3 Å². The quantitative estimate of drug-likeness (QED) is 0.439. The predicted molar refractivity (Wildman–Crippen MR) is 136 cm³/mol. The lowest BCUT2D eigenvalue weighted by molar-refractivity contribution is -0.0559. The van der Waals surface area contributed by atoms with E-state index in [0.29, 0.717) is 21.7 Å². The van der Waals surface area contributed by atoms with E-state index in [4.69, 9.17) is 11.6 Å². The molecule has 0 atom stereocenters. The first kappa shape index (κ1) is 23.2. The van der Waals surface area contributed by atoms with E-state index in [1.165, 1.54) is 38.5 Å². The van der Waals surface area contributed by atoms with Crippen LogP contribution in [0.3, 0.4) is 0 Å². The number of hydrogen-bond acceptors (Lipinski definition) is 3. The van der Waals surface area contributed by atoms with Crippen molar-refractivity contribution in [3.8, 4) is 0 Å². The van der Waals surface area contributed by atoms with Gasteiger partial charge in [0.15, 0.2) is 0 Å². The summed E-state index contributed by atoms with van der Waals surface area (Å²) in [5.74, 6) is 1.47. The molecule has 2 aromatic carbocycles. The summed E-state index contributed by atoms with van der Waals surface area (Å²) in [5.41, 5.74) is 2.35. The molecule has 4 aliphatic rings. The van der Waals surface area contributed by atoms with Gasteiger partial charge in [-0.3, -0.25) is 4.79 Å². The molecule has 4 fully saturated rings. The summed E-state index contributed by atoms with van der Waals surface area (Å²) in [4.78, 5) is 26.9. The predicted octanol–water partition coefficient (Wildman–Crippen LogP) is 6.72. The SMILES string of the molecule is CCN(CCC12CC3CC(CC(C3)C1)C2)c1ccc(NC(=O)c2ccc(Cl)cc2)cc1C(=O)O. The Balaban J connectivity index is 1.31. The standard InChI is InChI=1S/C28H33ClN2O3/c1-2-31(10-9-28-15-18-11-19(16-28)13-20(12-18)17-28)25-8-7-23(14-24(25)27(33)34)30-26(32)21-3-5-22(29)6-4-21/h3-8,14,18-20H,2,9-13,15-17H2,1H3,(H,30,32)(H,33,34). The average molecular weight is 481 g/mol. The molecule has 180 valence electrons. The van der Waals surface area contributed by atoms with Gasteiger partial charge in [0.1, 0.15) is 0 Å². The van der Waals surface area contributed by atoms with Crippen molar-refractivity contribution in [2.24, 2.45) is 23.2 Å². The van der Waals surface area contributed by atoms with Gasteiger partial charge in [0, 0.05) is 29.4 Å². The number of nitrogens with one attached hydrogen (secondary N) is 1. The van der Waals surface area contributed by atoms with Crippen molar-refractivity contribution < 1.29 is 14.7 Å². The van der Waals surface area contributed by atoms with E-state index in [1.807, 2.05) is 6.07 Å². The molecule has 0 aliphatic heterocycles. The number of carboxylic acid groups (broad SMARTS) is 1. The maximum Gasteiger partial charge on any atom is 0.337 e. The summed E-state index contributed by atoms with van der Waals surface area (Å²) >= 11 is 5.90. The van der Waals surface area contributed by atoms with E-state index in [2.05, 4.69) is 17.1 Å². The topological polar surface area (TPSA) is 69.6 Å². The normalized spacial score (nSPS) is 26.9. The lowest BCUT2D eigenvalue weighted by Crippen LogP contribution is -2.47. The fourth-order valence-electron chi connectivity index (χ4n) is 7.28. The summed E-state index contributed by atoms with van der Waals surface area (Å²) in [5, 5.41) is 13.3. The number of carbonyl (C=O) groups is 2. The zero-order chi connectivity index (χ0) is 23.9. The molecule has 4 aliphatic carbocycles. The number of carbonyl (C=O) groups excluding carboxylic acids is 1. The van der Waals surface area contributed by atoms with Crippen LogP contribution in [0.25, 0.3) is 0 Å². The van der Waals surface area contributed by atoms with Crippen molar-refractivity contribution in [1.29, 1.82) is 0 Å². The number of benzene rings is 2. The van der Waals surface area contributed by atoms with Gasteiger partial charge >= 0.3 is 5.97 Å². The minimum absolute atomic E-state index is 0.223. The summed E-state index contributed by atoms with van der Waals surface area (Å²) in [6, 6.07) is 11.8. The Bertz CT molecular complexity index is 1050. The summed E-state index contributed by atoms with van der Waals surface area (Å²) in [7, 11) is 0. The van der Waals surface area contributed by atoms with Gasteiger partial charge in [0.05, 0.1) is 11.3 Å². The number of aromatic carboxylic acids is 1. The van der Waals surface area contributed by atoms with Crippen LogP contribution in [-0.2, 0) is 0 Å². The van der Waals surface area contributed by atoms with Crippen molar-refractivity contribution in [1.82, 2.24) is 0 Å². The fraction of sp³-hybridized carbons (Fsp3) is 0.500. The molecule has 0 saturated heterocycles. The Morgan fingerprint density at radius 3 is 2.21 bits per heavy atom. The highest BCUT2D eigenvalue weighted by atomic mass is 35.5. The second-order valence-corrected chi connectivity index (χ2v) is 11.2. The molecule has 2 N–H and O–H groups in total. The molecule has 0 unspecified atom stereocenters. The first-order valence-electron chi connectivity index (χ1n) is 12.5. The van der Waals surface area contributed by atoms with Crippen molar-refractivity contribution in [2.75, 3.05) is 23.3 Å². The Kier molecular flexibility index (Phi) is 6.32. The number of anilines is 2. The first-order valence-corrected chi connectivity index (χ1v) is 12.9. The molecule has 34 heavy (non-hydrogen) atoms. The second-order valence-electron chi connectivity index (χ2n) is 10.7. The largest absolute Gasteiger partial charge is 0.478 e. The average Bonchev–Trinajstić information content (AvgIpc) is 2.79. The van der Waals surface area contributed by atoms with Crippen LogP contribution in [0.2, 0.25) is 5.02 Å². The smallest absolute Gasteiger partial charge is 0.337 e. The Hall–Kier alpha value is -2.53. The monoisotopic (exact) mass is 480 g/mol. The van der Waals surface area contributed by atoms with Crippen molar-refractivity contribution in [3.63, 3.8) is 0 Å². The number of hydrogen-bond donors (Lipinski definition) is 2. The second kappa shape index (κ2) is 9.26. The number of carboxylic acids is 1. The third kappa shape index (κ3) is 4.68. The molecule has 0 heterocycles. The fourth-order valence-corrected chi connectivity index (χ4v) is 7.41. The molecule has 6 heteroatoms. The van der Waals surface area contributed by atoms with E-state index < -0.39 is 5.97 Å². The summed E-state index contributed by atoms with van der Waals surface area (Å²) in [6.07, 6.45) is 9.52. The van der Waals surface area contributed by atoms with Crippen LogP contribution in [-0.4, -0.2) is 30.1 Å². The van der Waals surface area contributed by atoms with Crippen LogP contribution < -0.4 is 10.2 Å². The molecule has 2 aromatic rings. The van der Waals surface area contributed by atoms with E-state index in [-0.39, 0.29) is 11.5 Å². The molecule has 4 saturated carbocycles. The zero-order valence-electron chi connectivity index (χ0n) is 19.7. The van der Waals surface area contributed by atoms with Crippen LogP contribution in [0, 0.1) is 23.2 Å². The van der Waals surface area contributed by atoms with Crippen LogP contribution >= 0.6 is 11.6 Å². The lowest BCUT2D eigenvalue weighted by atomic mass is 9.49. The Morgan fingerprint density at radius 1 is 1.03 bits per heavy atom. The van der Waals surface area contributed by atoms with Gasteiger partial charge in [-0.1, -0.05) is 11.6 Å². The van der Waals surface area contributed by atoms with E-state index in [9.17, 15) is 14.7 Å². The zero-order valence-corrected chi connectivity index (χ0v) is 20.5. The summed E-state index contributed by atoms with van der Waals surface area (Å²) in [6.45, 7) is 3.71. The van der Waals surface area contributed by atoms with Gasteiger partial charge in [-0.15, -0.1) is 0 Å². The Morgan fingerprint density at radius 2 is 1.65 bits per heavy atom. The number of amides is 1. The Labute approximate surface area is 206 Å². The highest BCUT2D eigenvalue weighted by Gasteiger charge is 2.50. The van der Waals surface area contributed by atoms with E-state index in [0.717, 1.165) is 43.0 Å². The molecule has 0 aromatic heterocycles. The summed E-state index contributed by atoms with van der Waals surface area (Å²) < 4.78 is 0.